The van der Waals surface area contributed by atoms with E-state index in [9.17, 15) is 9.59 Å². The molecule has 0 spiro atoms. The van der Waals surface area contributed by atoms with Crippen LogP contribution >= 0.6 is 0 Å². The van der Waals surface area contributed by atoms with E-state index in [0.29, 0.717) is 36.9 Å². The molecule has 3 aromatic rings. The molecule has 33 heavy (non-hydrogen) atoms. The van der Waals surface area contributed by atoms with Crippen LogP contribution in [0.2, 0.25) is 0 Å². The molecular formula is C25H29N5O3. The Labute approximate surface area is 192 Å². The van der Waals surface area contributed by atoms with Crippen molar-refractivity contribution >= 4 is 22.9 Å². The van der Waals surface area contributed by atoms with Gasteiger partial charge in [0.15, 0.2) is 0 Å². The summed E-state index contributed by atoms with van der Waals surface area (Å²) in [6.07, 6.45) is 4.18. The Kier molecular flexibility index (Phi) is 5.85. The minimum absolute atomic E-state index is 0.0279. The first-order valence-electron chi connectivity index (χ1n) is 11.6. The van der Waals surface area contributed by atoms with Crippen molar-refractivity contribution in [3.05, 3.63) is 52.4 Å². The van der Waals surface area contributed by atoms with Gasteiger partial charge in [-0.25, -0.2) is 4.98 Å². The zero-order valence-corrected chi connectivity index (χ0v) is 19.1. The molecule has 8 nitrogen and oxygen atoms in total. The number of carbonyl (C=O) groups excluding carboxylic acids is 1. The molecule has 0 radical (unpaired) electrons. The van der Waals surface area contributed by atoms with Crippen molar-refractivity contribution in [3.8, 4) is 11.1 Å². The molecule has 2 fully saturated rings. The highest BCUT2D eigenvalue weighted by molar-refractivity contribution is 5.82. The van der Waals surface area contributed by atoms with Crippen molar-refractivity contribution < 1.29 is 9.53 Å². The molecule has 8 heteroatoms. The predicted molar refractivity (Wildman–Crippen MR) is 127 cm³/mol. The highest BCUT2D eigenvalue weighted by Crippen LogP contribution is 2.28. The van der Waals surface area contributed by atoms with E-state index < -0.39 is 0 Å². The van der Waals surface area contributed by atoms with Gasteiger partial charge in [-0.05, 0) is 43.4 Å². The number of nitrogens with one attached hydrogen (secondary N) is 1. The molecule has 2 saturated heterocycles. The van der Waals surface area contributed by atoms with Crippen molar-refractivity contribution in [2.24, 2.45) is 0 Å². The predicted octanol–water partition coefficient (Wildman–Crippen LogP) is 3.15. The Balaban J connectivity index is 1.59. The molecule has 1 atom stereocenters. The maximum absolute atomic E-state index is 13.8. The molecule has 0 unspecified atom stereocenters. The van der Waals surface area contributed by atoms with Gasteiger partial charge in [0, 0.05) is 62.5 Å². The summed E-state index contributed by atoms with van der Waals surface area (Å²) < 4.78 is 7.41. The number of fused-ring (bicyclic) bond motifs is 1. The molecule has 2 aromatic heterocycles. The van der Waals surface area contributed by atoms with Crippen LogP contribution in [0, 0.1) is 6.92 Å². The Hall–Kier alpha value is -3.26. The first kappa shape index (κ1) is 21.6. The first-order chi connectivity index (χ1) is 16.0. The fraction of sp³-hybridized carbons (Fsp3) is 0.440. The number of carbonyl (C=O) groups is 1. The average Bonchev–Trinajstić information content (AvgIpc) is 3.29. The van der Waals surface area contributed by atoms with Crippen molar-refractivity contribution in [2.75, 3.05) is 31.6 Å². The molecule has 172 valence electrons. The molecule has 1 N–H and O–H groups in total. The summed E-state index contributed by atoms with van der Waals surface area (Å²) in [4.78, 5) is 36.6. The lowest BCUT2D eigenvalue weighted by molar-refractivity contribution is -0.127. The molecule has 0 bridgehead atoms. The van der Waals surface area contributed by atoms with Crippen molar-refractivity contribution in [2.45, 2.75) is 45.2 Å². The van der Waals surface area contributed by atoms with E-state index in [4.69, 9.17) is 9.72 Å². The molecule has 2 aliphatic rings. The second kappa shape index (κ2) is 8.94. The van der Waals surface area contributed by atoms with Gasteiger partial charge in [-0.15, -0.1) is 0 Å². The molecule has 0 saturated carbocycles. The summed E-state index contributed by atoms with van der Waals surface area (Å²) in [7, 11) is 0. The molecule has 1 amide bonds. The Morgan fingerprint density at radius 3 is 2.67 bits per heavy atom. The van der Waals surface area contributed by atoms with E-state index in [0.717, 1.165) is 42.3 Å². The number of anilines is 1. The van der Waals surface area contributed by atoms with E-state index >= 15 is 0 Å². The Morgan fingerprint density at radius 1 is 1.15 bits per heavy atom. The third-order valence-corrected chi connectivity index (χ3v) is 6.73. The number of benzene rings is 1. The number of aryl methyl sites for hydroxylation is 1. The minimum atomic E-state index is -0.0306. The number of amides is 1. The first-order valence-corrected chi connectivity index (χ1v) is 11.6. The van der Waals surface area contributed by atoms with Gasteiger partial charge in [-0.1, -0.05) is 24.3 Å². The van der Waals surface area contributed by atoms with Gasteiger partial charge >= 0.3 is 0 Å². The lowest BCUT2D eigenvalue weighted by Crippen LogP contribution is -2.32. The van der Waals surface area contributed by atoms with E-state index in [1.54, 1.807) is 13.1 Å². The van der Waals surface area contributed by atoms with E-state index in [2.05, 4.69) is 10.3 Å². The van der Waals surface area contributed by atoms with Crippen LogP contribution in [0.1, 0.15) is 37.8 Å². The summed E-state index contributed by atoms with van der Waals surface area (Å²) >= 11 is 0. The van der Waals surface area contributed by atoms with Crippen LogP contribution in [-0.2, 0) is 9.53 Å². The fourth-order valence-electron chi connectivity index (χ4n) is 4.89. The molecule has 5 rings (SSSR count). The minimum Gasteiger partial charge on any atom is -0.381 e. The van der Waals surface area contributed by atoms with Crippen LogP contribution in [-0.4, -0.2) is 57.7 Å². The summed E-state index contributed by atoms with van der Waals surface area (Å²) in [5, 5.41) is 4.20. The van der Waals surface area contributed by atoms with Gasteiger partial charge in [0.25, 0.3) is 5.56 Å². The van der Waals surface area contributed by atoms with E-state index in [-0.39, 0.29) is 23.6 Å². The fourth-order valence-corrected chi connectivity index (χ4v) is 4.89. The van der Waals surface area contributed by atoms with Gasteiger partial charge in [-0.3, -0.25) is 14.2 Å². The smallest absolute Gasteiger partial charge is 0.260 e. The van der Waals surface area contributed by atoms with Crippen LogP contribution in [0.4, 0.5) is 5.95 Å². The highest BCUT2D eigenvalue weighted by Gasteiger charge is 2.26. The number of hydrogen-bond donors (Lipinski definition) is 1. The highest BCUT2D eigenvalue weighted by atomic mass is 16.5. The number of aromatic nitrogens is 3. The second-order valence-corrected chi connectivity index (χ2v) is 8.96. The maximum atomic E-state index is 13.8. The number of rotatable bonds is 4. The quantitative estimate of drug-likeness (QED) is 0.661. The number of hydrogen-bond acceptors (Lipinski definition) is 6. The lowest BCUT2D eigenvalue weighted by atomic mass is 10.00. The normalized spacial score (nSPS) is 19.2. The van der Waals surface area contributed by atoms with E-state index in [1.165, 1.54) is 0 Å². The average molecular weight is 448 g/mol. The number of ether oxygens (including phenoxy) is 1. The van der Waals surface area contributed by atoms with Crippen LogP contribution in [0.15, 0.2) is 41.3 Å². The lowest BCUT2D eigenvalue weighted by Gasteiger charge is -2.26. The van der Waals surface area contributed by atoms with Gasteiger partial charge in [0.2, 0.25) is 11.9 Å². The Bertz CT molecular complexity index is 1250. The third-order valence-electron chi connectivity index (χ3n) is 6.73. The monoisotopic (exact) mass is 447 g/mol. The van der Waals surface area contributed by atoms with Crippen molar-refractivity contribution in [1.29, 1.82) is 0 Å². The van der Waals surface area contributed by atoms with Crippen LogP contribution in [0.3, 0.4) is 0 Å². The van der Waals surface area contributed by atoms with Gasteiger partial charge < -0.3 is 15.0 Å². The van der Waals surface area contributed by atoms with Gasteiger partial charge in [-0.2, -0.15) is 4.98 Å². The maximum Gasteiger partial charge on any atom is 0.260 e. The molecule has 1 aromatic carbocycles. The topological polar surface area (TPSA) is 89.4 Å². The zero-order chi connectivity index (χ0) is 22.9. The molecule has 0 aliphatic carbocycles. The third kappa shape index (κ3) is 4.23. The van der Waals surface area contributed by atoms with Crippen LogP contribution in [0.25, 0.3) is 22.2 Å². The standard InChI is InChI=1S/C25H29N5O3/c1-16-5-3-4-6-21(16)22-13-18-14-26-25(27-19-7-10-29(15-19)17(2)31)28-23(18)30(24(22)32)20-8-11-33-12-9-20/h3-6,13-14,19-20H,7-12,15H2,1-2H3,(H,26,27,28)/t19-/m0/s1. The largest absolute Gasteiger partial charge is 0.381 e. The zero-order valence-electron chi connectivity index (χ0n) is 19.1. The van der Waals surface area contributed by atoms with E-state index in [1.807, 2.05) is 46.7 Å². The molecule has 4 heterocycles. The summed E-state index contributed by atoms with van der Waals surface area (Å²) in [6, 6.07) is 9.99. The second-order valence-electron chi connectivity index (χ2n) is 8.96. The van der Waals surface area contributed by atoms with Crippen molar-refractivity contribution in [3.63, 3.8) is 0 Å². The van der Waals surface area contributed by atoms with Crippen LogP contribution in [0.5, 0.6) is 0 Å². The summed E-state index contributed by atoms with van der Waals surface area (Å²) in [5.41, 5.74) is 3.27. The number of likely N-dealkylation sites (tertiary alicyclic amines) is 1. The van der Waals surface area contributed by atoms with Crippen molar-refractivity contribution in [1.82, 2.24) is 19.4 Å². The summed E-state index contributed by atoms with van der Waals surface area (Å²) in [5.74, 6) is 0.567. The van der Waals surface area contributed by atoms with Gasteiger partial charge in [0.05, 0.1) is 0 Å². The van der Waals surface area contributed by atoms with Gasteiger partial charge in [0.1, 0.15) is 5.65 Å². The van der Waals surface area contributed by atoms with Crippen LogP contribution < -0.4 is 10.9 Å². The molecular weight excluding hydrogens is 418 g/mol. The molecule has 2 aliphatic heterocycles. The summed E-state index contributed by atoms with van der Waals surface area (Å²) in [6.45, 7) is 6.24. The SMILES string of the molecule is CC(=O)N1CC[C@H](Nc2ncc3cc(-c4ccccc4C)c(=O)n(C4CCOCC4)c3n2)C1. The number of nitrogens with zero attached hydrogens (tertiary/aromatic N) is 4. The number of pyridine rings is 1. The Morgan fingerprint density at radius 2 is 1.94 bits per heavy atom.